The highest BCUT2D eigenvalue weighted by Crippen LogP contribution is 2.28. The minimum atomic E-state index is -1.10. The molecule has 0 atom stereocenters. The van der Waals surface area contributed by atoms with E-state index in [-0.39, 0.29) is 22.8 Å². The Morgan fingerprint density at radius 1 is 1.04 bits per heavy atom. The molecule has 0 heterocycles. The summed E-state index contributed by atoms with van der Waals surface area (Å²) in [6.07, 6.45) is 2.84. The third-order valence-corrected chi connectivity index (χ3v) is 3.40. The molecule has 0 spiro atoms. The summed E-state index contributed by atoms with van der Waals surface area (Å²) in [6.45, 7) is -0.493. The Labute approximate surface area is 149 Å². The van der Waals surface area contributed by atoms with E-state index in [9.17, 15) is 14.0 Å². The summed E-state index contributed by atoms with van der Waals surface area (Å²) < 4.78 is 28.7. The van der Waals surface area contributed by atoms with Gasteiger partial charge in [-0.3, -0.25) is 4.79 Å². The summed E-state index contributed by atoms with van der Waals surface area (Å²) in [4.78, 5) is 22.7. The lowest BCUT2D eigenvalue weighted by Crippen LogP contribution is -2.10. The van der Waals surface area contributed by atoms with Gasteiger partial charge in [0.2, 0.25) is 0 Å². The molecule has 2 aromatic rings. The van der Waals surface area contributed by atoms with Gasteiger partial charge in [0.05, 0.1) is 14.2 Å². The van der Waals surface area contributed by atoms with Gasteiger partial charge in [0.15, 0.2) is 35.5 Å². The summed E-state index contributed by atoms with van der Waals surface area (Å²) in [5.74, 6) is -1.43. The second-order valence-corrected chi connectivity index (χ2v) is 5.14. The number of ketones is 1. The van der Waals surface area contributed by atoms with Crippen LogP contribution in [0, 0.1) is 5.82 Å². The van der Waals surface area contributed by atoms with Gasteiger partial charge in [-0.1, -0.05) is 12.1 Å². The molecule has 0 saturated heterocycles. The third-order valence-electron chi connectivity index (χ3n) is 3.40. The molecule has 26 heavy (non-hydrogen) atoms. The summed E-state index contributed by atoms with van der Waals surface area (Å²) in [6, 6.07) is 8.73. The maximum atomic E-state index is 13.7. The zero-order valence-corrected chi connectivity index (χ0v) is 14.2. The van der Waals surface area contributed by atoms with Gasteiger partial charge in [-0.2, -0.15) is 0 Å². The van der Waals surface area contributed by atoms with Crippen LogP contribution in [0.3, 0.4) is 0 Å². The minimum Gasteiger partial charge on any atom is -0.494 e. The highest BCUT2D eigenvalue weighted by atomic mass is 19.1. The first-order chi connectivity index (χ1) is 12.4. The number of carbonyl (C=O) groups excluding carboxylic acids is 1. The second kappa shape index (κ2) is 8.66. The van der Waals surface area contributed by atoms with Crippen molar-refractivity contribution in [3.05, 3.63) is 59.4 Å². The molecule has 0 aliphatic heterocycles. The van der Waals surface area contributed by atoms with Crippen LogP contribution >= 0.6 is 0 Å². The quantitative estimate of drug-likeness (QED) is 0.575. The van der Waals surface area contributed by atoms with E-state index in [2.05, 4.69) is 0 Å². The molecule has 0 aliphatic rings. The van der Waals surface area contributed by atoms with Crippen LogP contribution in [0.1, 0.15) is 15.9 Å². The molecule has 0 aromatic heterocycles. The van der Waals surface area contributed by atoms with Crippen LogP contribution in [-0.2, 0) is 4.79 Å². The summed E-state index contributed by atoms with van der Waals surface area (Å²) in [5, 5.41) is 8.65. The van der Waals surface area contributed by atoms with Crippen LogP contribution in [0.5, 0.6) is 17.2 Å². The molecule has 0 amide bonds. The lowest BCUT2D eigenvalue weighted by Gasteiger charge is -2.09. The van der Waals surface area contributed by atoms with Crippen molar-refractivity contribution >= 4 is 17.8 Å². The number of carboxylic acid groups (broad SMARTS) is 1. The zero-order valence-electron chi connectivity index (χ0n) is 14.2. The molecule has 1 N–H and O–H groups in total. The van der Waals surface area contributed by atoms with Crippen molar-refractivity contribution in [1.82, 2.24) is 0 Å². The summed E-state index contributed by atoms with van der Waals surface area (Å²) in [7, 11) is 2.76. The average molecular weight is 360 g/mol. The van der Waals surface area contributed by atoms with Crippen molar-refractivity contribution in [1.29, 1.82) is 0 Å². The molecule has 6 nitrogen and oxygen atoms in total. The predicted octanol–water partition coefficient (Wildman–Crippen LogP) is 3.20. The van der Waals surface area contributed by atoms with E-state index in [1.807, 2.05) is 0 Å². The fourth-order valence-corrected chi connectivity index (χ4v) is 2.13. The summed E-state index contributed by atoms with van der Waals surface area (Å²) >= 11 is 0. The van der Waals surface area contributed by atoms with Gasteiger partial charge in [-0.05, 0) is 42.0 Å². The number of halogens is 1. The largest absolute Gasteiger partial charge is 0.494 e. The van der Waals surface area contributed by atoms with E-state index >= 15 is 0 Å². The molecule has 136 valence electrons. The minimum absolute atomic E-state index is 0.0622. The number of allylic oxidation sites excluding steroid dienone is 1. The van der Waals surface area contributed by atoms with Crippen molar-refractivity contribution < 1.29 is 33.3 Å². The fourth-order valence-electron chi connectivity index (χ4n) is 2.13. The Bertz CT molecular complexity index is 844. The Hall–Kier alpha value is -3.35. The standard InChI is InChI=1S/C19H17FO6/c1-24-16-8-5-13(10-14(16)20)15(21)6-3-12-4-7-17(18(9-12)25-2)26-11-19(22)23/h3-10H,11H2,1-2H3,(H,22,23)/b6-3+. The molecule has 0 radical (unpaired) electrons. The second-order valence-electron chi connectivity index (χ2n) is 5.14. The maximum Gasteiger partial charge on any atom is 0.341 e. The molecule has 0 unspecified atom stereocenters. The molecule has 0 bridgehead atoms. The van der Waals surface area contributed by atoms with E-state index in [1.165, 1.54) is 38.5 Å². The molecule has 0 aliphatic carbocycles. The Morgan fingerprint density at radius 3 is 2.35 bits per heavy atom. The number of benzene rings is 2. The first kappa shape index (κ1) is 19.0. The first-order valence-corrected chi connectivity index (χ1v) is 7.53. The maximum absolute atomic E-state index is 13.7. The van der Waals surface area contributed by atoms with E-state index in [0.717, 1.165) is 6.07 Å². The Morgan fingerprint density at radius 2 is 1.73 bits per heavy atom. The number of hydrogen-bond acceptors (Lipinski definition) is 5. The van der Waals surface area contributed by atoms with Crippen LogP contribution < -0.4 is 14.2 Å². The highest BCUT2D eigenvalue weighted by molar-refractivity contribution is 6.06. The van der Waals surface area contributed by atoms with E-state index in [0.29, 0.717) is 11.3 Å². The first-order valence-electron chi connectivity index (χ1n) is 7.53. The lowest BCUT2D eigenvalue weighted by molar-refractivity contribution is -0.139. The van der Waals surface area contributed by atoms with Gasteiger partial charge < -0.3 is 19.3 Å². The number of rotatable bonds is 8. The third kappa shape index (κ3) is 4.83. The molecular formula is C19H17FO6. The molecule has 0 fully saturated rings. The topological polar surface area (TPSA) is 82.1 Å². The van der Waals surface area contributed by atoms with Crippen LogP contribution in [0.15, 0.2) is 42.5 Å². The van der Waals surface area contributed by atoms with Crippen molar-refractivity contribution in [2.24, 2.45) is 0 Å². The van der Waals surface area contributed by atoms with Crippen molar-refractivity contribution in [3.63, 3.8) is 0 Å². The van der Waals surface area contributed by atoms with Crippen molar-refractivity contribution in [3.8, 4) is 17.2 Å². The number of carbonyl (C=O) groups is 2. The predicted molar refractivity (Wildman–Crippen MR) is 92.4 cm³/mol. The van der Waals surface area contributed by atoms with Crippen LogP contribution in [0.2, 0.25) is 0 Å². The van der Waals surface area contributed by atoms with E-state index in [1.54, 1.807) is 18.2 Å². The molecule has 2 aromatic carbocycles. The lowest BCUT2D eigenvalue weighted by atomic mass is 10.1. The Balaban J connectivity index is 2.15. The van der Waals surface area contributed by atoms with Gasteiger partial charge in [0, 0.05) is 5.56 Å². The number of hydrogen-bond donors (Lipinski definition) is 1. The van der Waals surface area contributed by atoms with Gasteiger partial charge in [0.25, 0.3) is 0 Å². The van der Waals surface area contributed by atoms with Gasteiger partial charge in [-0.15, -0.1) is 0 Å². The molecule has 2 rings (SSSR count). The van der Waals surface area contributed by atoms with Gasteiger partial charge in [0.1, 0.15) is 0 Å². The van der Waals surface area contributed by atoms with Crippen molar-refractivity contribution in [2.45, 2.75) is 0 Å². The van der Waals surface area contributed by atoms with Crippen molar-refractivity contribution in [2.75, 3.05) is 20.8 Å². The number of ether oxygens (including phenoxy) is 3. The van der Waals surface area contributed by atoms with E-state index in [4.69, 9.17) is 19.3 Å². The fraction of sp³-hybridized carbons (Fsp3) is 0.158. The van der Waals surface area contributed by atoms with Crippen LogP contribution in [0.25, 0.3) is 6.08 Å². The monoisotopic (exact) mass is 360 g/mol. The zero-order chi connectivity index (χ0) is 19.1. The van der Waals surface area contributed by atoms with Crippen LogP contribution in [0.4, 0.5) is 4.39 Å². The SMILES string of the molecule is COc1ccc(C(=O)/C=C/c2ccc(OCC(=O)O)c(OC)c2)cc1F. The smallest absolute Gasteiger partial charge is 0.341 e. The Kier molecular flexibility index (Phi) is 6.32. The molecule has 7 heteroatoms. The van der Waals surface area contributed by atoms with Gasteiger partial charge in [-0.25, -0.2) is 9.18 Å². The van der Waals surface area contributed by atoms with E-state index < -0.39 is 18.4 Å². The van der Waals surface area contributed by atoms with Gasteiger partial charge >= 0.3 is 5.97 Å². The number of carboxylic acids is 1. The number of aliphatic carboxylic acids is 1. The van der Waals surface area contributed by atoms with Crippen LogP contribution in [-0.4, -0.2) is 37.7 Å². The molecular weight excluding hydrogens is 343 g/mol. The average Bonchev–Trinajstić information content (AvgIpc) is 2.64. The normalized spacial score (nSPS) is 10.6. The summed E-state index contributed by atoms with van der Waals surface area (Å²) in [5.41, 5.74) is 0.819. The highest BCUT2D eigenvalue weighted by Gasteiger charge is 2.09. The number of methoxy groups -OCH3 is 2. The molecule has 0 saturated carbocycles.